The van der Waals surface area contributed by atoms with Crippen molar-refractivity contribution in [3.8, 4) is 17.0 Å². The maximum absolute atomic E-state index is 13.4. The fraction of sp³-hybridized carbons (Fsp3) is 0.364. The van der Waals surface area contributed by atoms with Crippen molar-refractivity contribution in [2.24, 2.45) is 7.05 Å². The molecule has 1 aliphatic rings. The molecular formula is C22H26N4O4S. The highest BCUT2D eigenvalue weighted by molar-refractivity contribution is 7.89. The number of benzene rings is 1. The second kappa shape index (κ2) is 8.41. The summed E-state index contributed by atoms with van der Waals surface area (Å²) in [5.41, 5.74) is 3.80. The smallest absolute Gasteiger partial charge is 0.243 e. The van der Waals surface area contributed by atoms with E-state index < -0.39 is 16.1 Å². The van der Waals surface area contributed by atoms with Gasteiger partial charge in [-0.2, -0.15) is 9.40 Å². The zero-order valence-corrected chi connectivity index (χ0v) is 18.9. The minimum absolute atomic E-state index is 0.205. The number of hydrogen-bond acceptors (Lipinski definition) is 6. The highest BCUT2D eigenvalue weighted by Gasteiger charge is 2.33. The first-order chi connectivity index (χ1) is 14.8. The number of rotatable bonds is 5. The molecule has 0 aliphatic carbocycles. The molecule has 0 amide bonds. The maximum Gasteiger partial charge on any atom is 0.243 e. The fourth-order valence-electron chi connectivity index (χ4n) is 3.77. The van der Waals surface area contributed by atoms with E-state index in [0.717, 1.165) is 16.8 Å². The van der Waals surface area contributed by atoms with E-state index in [1.165, 1.54) is 4.31 Å². The number of aryl methyl sites for hydroxylation is 3. The normalized spacial score (nSPS) is 17.6. The Hall–Kier alpha value is -2.75. The molecule has 0 saturated carbocycles. The molecule has 1 aromatic carbocycles. The molecule has 0 spiro atoms. The number of aromatic nitrogens is 3. The van der Waals surface area contributed by atoms with Gasteiger partial charge in [0.1, 0.15) is 11.9 Å². The summed E-state index contributed by atoms with van der Waals surface area (Å²) in [6.45, 7) is 4.43. The van der Waals surface area contributed by atoms with Crippen LogP contribution in [0.3, 0.4) is 0 Å². The lowest BCUT2D eigenvalue weighted by atomic mass is 10.1. The summed E-state index contributed by atoms with van der Waals surface area (Å²) in [6, 6.07) is 9.11. The van der Waals surface area contributed by atoms with Crippen LogP contribution in [0.15, 0.2) is 47.6 Å². The quantitative estimate of drug-likeness (QED) is 0.604. The second-order valence-electron chi connectivity index (χ2n) is 7.66. The van der Waals surface area contributed by atoms with Gasteiger partial charge in [0.15, 0.2) is 0 Å². The number of nitrogens with zero attached hydrogens (tertiary/aromatic N) is 4. The lowest BCUT2D eigenvalue weighted by Gasteiger charge is -2.32. The standard InChI is InChI=1S/C22H26N4O4S/c1-15-11-22(16(2)10-20(15)29-4)31(27,28)26-8-9-30-21(14-26)19-7-5-6-18(24-19)17-12-23-25(3)13-17/h5-7,10-13,21H,8-9,14H2,1-4H3/t21-/m1/s1. The van der Waals surface area contributed by atoms with Crippen LogP contribution < -0.4 is 4.74 Å². The number of pyridine rings is 1. The van der Waals surface area contributed by atoms with E-state index in [-0.39, 0.29) is 6.54 Å². The Morgan fingerprint density at radius 3 is 2.71 bits per heavy atom. The van der Waals surface area contributed by atoms with E-state index in [4.69, 9.17) is 14.5 Å². The Morgan fingerprint density at radius 1 is 1.19 bits per heavy atom. The fourth-order valence-corrected chi connectivity index (χ4v) is 5.48. The van der Waals surface area contributed by atoms with Gasteiger partial charge >= 0.3 is 0 Å². The van der Waals surface area contributed by atoms with Crippen molar-refractivity contribution in [1.82, 2.24) is 19.1 Å². The number of hydrogen-bond donors (Lipinski definition) is 0. The van der Waals surface area contributed by atoms with Crippen LogP contribution in [0, 0.1) is 13.8 Å². The summed E-state index contributed by atoms with van der Waals surface area (Å²) in [5.74, 6) is 0.674. The van der Waals surface area contributed by atoms with Crippen molar-refractivity contribution in [2.45, 2.75) is 24.8 Å². The van der Waals surface area contributed by atoms with Gasteiger partial charge in [0.2, 0.25) is 10.0 Å². The maximum atomic E-state index is 13.4. The van der Waals surface area contributed by atoms with Crippen molar-refractivity contribution < 1.29 is 17.9 Å². The van der Waals surface area contributed by atoms with Gasteiger partial charge in [0.25, 0.3) is 0 Å². The number of morpholine rings is 1. The van der Waals surface area contributed by atoms with E-state index in [9.17, 15) is 8.42 Å². The summed E-state index contributed by atoms with van der Waals surface area (Å²) >= 11 is 0. The van der Waals surface area contributed by atoms with Crippen LogP contribution in [-0.2, 0) is 21.8 Å². The third-order valence-electron chi connectivity index (χ3n) is 5.44. The number of sulfonamides is 1. The Bertz CT molecular complexity index is 1210. The molecule has 1 atom stereocenters. The highest BCUT2D eigenvalue weighted by atomic mass is 32.2. The van der Waals surface area contributed by atoms with Gasteiger partial charge in [-0.05, 0) is 49.2 Å². The molecule has 4 rings (SSSR count). The lowest BCUT2D eigenvalue weighted by Crippen LogP contribution is -2.42. The van der Waals surface area contributed by atoms with E-state index in [0.29, 0.717) is 35.1 Å². The zero-order chi connectivity index (χ0) is 22.2. The number of methoxy groups -OCH3 is 1. The predicted molar refractivity (Wildman–Crippen MR) is 116 cm³/mol. The molecule has 3 heterocycles. The average Bonchev–Trinajstić information content (AvgIpc) is 3.21. The molecular weight excluding hydrogens is 416 g/mol. The van der Waals surface area contributed by atoms with Crippen molar-refractivity contribution in [3.63, 3.8) is 0 Å². The Kier molecular flexibility index (Phi) is 5.83. The summed E-state index contributed by atoms with van der Waals surface area (Å²) in [5, 5.41) is 4.19. The third kappa shape index (κ3) is 4.21. The summed E-state index contributed by atoms with van der Waals surface area (Å²) in [4.78, 5) is 5.00. The monoisotopic (exact) mass is 442 g/mol. The van der Waals surface area contributed by atoms with Crippen molar-refractivity contribution in [1.29, 1.82) is 0 Å². The molecule has 1 aliphatic heterocycles. The zero-order valence-electron chi connectivity index (χ0n) is 18.1. The second-order valence-corrected chi connectivity index (χ2v) is 9.57. The van der Waals surface area contributed by atoms with E-state index in [2.05, 4.69) is 5.10 Å². The van der Waals surface area contributed by atoms with Crippen LogP contribution in [0.1, 0.15) is 22.9 Å². The SMILES string of the molecule is COc1cc(C)c(S(=O)(=O)N2CCO[C@@H](c3cccc(-c4cnn(C)c4)n3)C2)cc1C. The predicted octanol–water partition coefficient (Wildman–Crippen LogP) is 2.87. The average molecular weight is 443 g/mol. The van der Waals surface area contributed by atoms with Gasteiger partial charge in [0.05, 0.1) is 36.2 Å². The molecule has 2 aromatic heterocycles. The van der Waals surface area contributed by atoms with Gasteiger partial charge in [0, 0.05) is 31.9 Å². The molecule has 1 fully saturated rings. The van der Waals surface area contributed by atoms with Gasteiger partial charge in [-0.25, -0.2) is 13.4 Å². The molecule has 31 heavy (non-hydrogen) atoms. The summed E-state index contributed by atoms with van der Waals surface area (Å²) in [7, 11) is -0.254. The van der Waals surface area contributed by atoms with Crippen LogP contribution in [0.4, 0.5) is 0 Å². The van der Waals surface area contributed by atoms with Crippen LogP contribution in [0.2, 0.25) is 0 Å². The van der Waals surface area contributed by atoms with E-state index >= 15 is 0 Å². The molecule has 9 heteroatoms. The summed E-state index contributed by atoms with van der Waals surface area (Å²) < 4.78 is 41.3. The molecule has 164 valence electrons. The number of ether oxygens (including phenoxy) is 2. The molecule has 0 radical (unpaired) electrons. The van der Waals surface area contributed by atoms with Gasteiger partial charge in [-0.3, -0.25) is 4.68 Å². The van der Waals surface area contributed by atoms with Crippen LogP contribution in [0.25, 0.3) is 11.3 Å². The molecule has 1 saturated heterocycles. The third-order valence-corrected chi connectivity index (χ3v) is 7.45. The summed E-state index contributed by atoms with van der Waals surface area (Å²) in [6.07, 6.45) is 3.19. The van der Waals surface area contributed by atoms with Crippen molar-refractivity contribution in [3.05, 3.63) is 59.5 Å². The molecule has 3 aromatic rings. The first-order valence-corrected chi connectivity index (χ1v) is 11.5. The van der Waals surface area contributed by atoms with E-state index in [1.807, 2.05) is 38.4 Å². The Labute approximate surface area is 182 Å². The Morgan fingerprint density at radius 2 is 2.00 bits per heavy atom. The topological polar surface area (TPSA) is 86.5 Å². The van der Waals surface area contributed by atoms with Crippen molar-refractivity contribution >= 4 is 10.0 Å². The molecule has 0 unspecified atom stereocenters. The van der Waals surface area contributed by atoms with Gasteiger partial charge in [-0.15, -0.1) is 0 Å². The highest BCUT2D eigenvalue weighted by Crippen LogP contribution is 2.31. The largest absolute Gasteiger partial charge is 0.496 e. The first kappa shape index (κ1) is 21.5. The minimum atomic E-state index is -3.68. The lowest BCUT2D eigenvalue weighted by molar-refractivity contribution is -0.00488. The Balaban J connectivity index is 1.61. The minimum Gasteiger partial charge on any atom is -0.496 e. The van der Waals surface area contributed by atoms with E-state index in [1.54, 1.807) is 37.0 Å². The van der Waals surface area contributed by atoms with Crippen molar-refractivity contribution in [2.75, 3.05) is 26.8 Å². The van der Waals surface area contributed by atoms with Gasteiger partial charge < -0.3 is 9.47 Å². The van der Waals surface area contributed by atoms with Crippen LogP contribution in [-0.4, -0.2) is 54.3 Å². The van der Waals surface area contributed by atoms with Crippen LogP contribution in [0.5, 0.6) is 5.75 Å². The molecule has 8 nitrogen and oxygen atoms in total. The first-order valence-electron chi connectivity index (χ1n) is 10.0. The van der Waals surface area contributed by atoms with Crippen LogP contribution >= 0.6 is 0 Å². The van der Waals surface area contributed by atoms with Gasteiger partial charge in [-0.1, -0.05) is 6.07 Å². The molecule has 0 N–H and O–H groups in total. The molecule has 0 bridgehead atoms.